The Morgan fingerprint density at radius 3 is 2.36 bits per heavy atom. The summed E-state index contributed by atoms with van der Waals surface area (Å²) in [5.74, 6) is 0.836. The van der Waals surface area contributed by atoms with Crippen molar-refractivity contribution >= 4 is 5.91 Å². The van der Waals surface area contributed by atoms with Gasteiger partial charge in [-0.25, -0.2) is 0 Å². The van der Waals surface area contributed by atoms with E-state index in [-0.39, 0.29) is 5.91 Å². The molecule has 0 radical (unpaired) electrons. The van der Waals surface area contributed by atoms with Crippen LogP contribution in [0.5, 0.6) is 5.75 Å². The Balaban J connectivity index is 1.79. The number of methoxy groups -OCH3 is 1. The van der Waals surface area contributed by atoms with E-state index in [1.165, 1.54) is 5.56 Å². The summed E-state index contributed by atoms with van der Waals surface area (Å²) in [7, 11) is 1.65. The molecule has 146 valence electrons. The molecule has 0 bridgehead atoms. The van der Waals surface area contributed by atoms with E-state index in [9.17, 15) is 4.79 Å². The van der Waals surface area contributed by atoms with E-state index in [4.69, 9.17) is 4.74 Å². The van der Waals surface area contributed by atoms with Gasteiger partial charge in [0.15, 0.2) is 0 Å². The molecular formula is C23H27N3O2. The second-order valence-corrected chi connectivity index (χ2v) is 6.67. The van der Waals surface area contributed by atoms with Gasteiger partial charge in [-0.15, -0.1) is 0 Å². The van der Waals surface area contributed by atoms with Gasteiger partial charge in [0, 0.05) is 13.1 Å². The Bertz CT molecular complexity index is 901. The van der Waals surface area contributed by atoms with Crippen molar-refractivity contribution in [3.8, 4) is 5.75 Å². The van der Waals surface area contributed by atoms with Crippen molar-refractivity contribution in [2.24, 2.45) is 0 Å². The predicted octanol–water partition coefficient (Wildman–Crippen LogP) is 4.16. The van der Waals surface area contributed by atoms with Crippen LogP contribution in [0.1, 0.15) is 41.0 Å². The summed E-state index contributed by atoms with van der Waals surface area (Å²) in [6.07, 6.45) is 2.47. The molecule has 1 heterocycles. The molecule has 0 unspecified atom stereocenters. The second kappa shape index (κ2) is 9.22. The van der Waals surface area contributed by atoms with Crippen LogP contribution in [0.2, 0.25) is 0 Å². The van der Waals surface area contributed by atoms with Gasteiger partial charge in [0.05, 0.1) is 31.1 Å². The third-order valence-corrected chi connectivity index (χ3v) is 4.89. The fourth-order valence-electron chi connectivity index (χ4n) is 3.30. The summed E-state index contributed by atoms with van der Waals surface area (Å²) in [5, 5.41) is 4.50. The van der Waals surface area contributed by atoms with E-state index in [0.717, 1.165) is 23.4 Å². The number of amides is 1. The molecule has 0 N–H and O–H groups in total. The van der Waals surface area contributed by atoms with Gasteiger partial charge in [-0.3, -0.25) is 9.48 Å². The van der Waals surface area contributed by atoms with Crippen LogP contribution in [-0.2, 0) is 19.5 Å². The Labute approximate surface area is 166 Å². The predicted molar refractivity (Wildman–Crippen MR) is 111 cm³/mol. The summed E-state index contributed by atoms with van der Waals surface area (Å²) < 4.78 is 7.14. The highest BCUT2D eigenvalue weighted by molar-refractivity contribution is 5.95. The molecule has 3 aromatic rings. The van der Waals surface area contributed by atoms with Crippen molar-refractivity contribution in [3.63, 3.8) is 0 Å². The molecule has 28 heavy (non-hydrogen) atoms. The van der Waals surface area contributed by atoms with Gasteiger partial charge in [0.2, 0.25) is 0 Å². The number of ether oxygens (including phenoxy) is 1. The van der Waals surface area contributed by atoms with E-state index in [2.05, 4.69) is 24.2 Å². The highest BCUT2D eigenvalue weighted by Gasteiger charge is 2.21. The van der Waals surface area contributed by atoms with Crippen LogP contribution in [0.3, 0.4) is 0 Å². The van der Waals surface area contributed by atoms with Crippen LogP contribution in [0, 0.1) is 0 Å². The first-order valence-corrected chi connectivity index (χ1v) is 9.67. The Morgan fingerprint density at radius 1 is 1.04 bits per heavy atom. The summed E-state index contributed by atoms with van der Waals surface area (Å²) in [4.78, 5) is 15.0. The summed E-state index contributed by atoms with van der Waals surface area (Å²) in [5.41, 5.74) is 3.91. The van der Waals surface area contributed by atoms with Gasteiger partial charge in [0.25, 0.3) is 5.91 Å². The van der Waals surface area contributed by atoms with Crippen molar-refractivity contribution in [2.75, 3.05) is 13.7 Å². The van der Waals surface area contributed by atoms with E-state index >= 15 is 0 Å². The molecule has 3 rings (SSSR count). The van der Waals surface area contributed by atoms with Gasteiger partial charge in [-0.05, 0) is 36.6 Å². The van der Waals surface area contributed by atoms with Crippen molar-refractivity contribution in [2.45, 2.75) is 33.4 Å². The zero-order valence-electron chi connectivity index (χ0n) is 16.8. The minimum Gasteiger partial charge on any atom is -0.497 e. The number of hydrogen-bond acceptors (Lipinski definition) is 3. The Morgan fingerprint density at radius 2 is 1.75 bits per heavy atom. The SMILES string of the molecule is CCc1c(C(=O)N(CC)Cc2ccc(OC)cc2)cnn1Cc1ccccc1. The van der Waals surface area contributed by atoms with Gasteiger partial charge >= 0.3 is 0 Å². The molecule has 2 aromatic carbocycles. The molecule has 0 spiro atoms. The van der Waals surface area contributed by atoms with Crippen LogP contribution < -0.4 is 4.74 Å². The van der Waals surface area contributed by atoms with Gasteiger partial charge in [-0.1, -0.05) is 49.4 Å². The number of benzene rings is 2. The van der Waals surface area contributed by atoms with E-state index < -0.39 is 0 Å². The zero-order chi connectivity index (χ0) is 19.9. The Kier molecular flexibility index (Phi) is 6.48. The first-order chi connectivity index (χ1) is 13.7. The van der Waals surface area contributed by atoms with Gasteiger partial charge in [0.1, 0.15) is 5.75 Å². The molecular weight excluding hydrogens is 350 g/mol. The van der Waals surface area contributed by atoms with Crippen LogP contribution in [0.15, 0.2) is 60.8 Å². The van der Waals surface area contributed by atoms with Crippen molar-refractivity contribution in [1.82, 2.24) is 14.7 Å². The molecule has 0 aliphatic carbocycles. The monoisotopic (exact) mass is 377 g/mol. The normalized spacial score (nSPS) is 10.7. The van der Waals surface area contributed by atoms with Crippen LogP contribution >= 0.6 is 0 Å². The highest BCUT2D eigenvalue weighted by Crippen LogP contribution is 2.18. The molecule has 1 aromatic heterocycles. The zero-order valence-corrected chi connectivity index (χ0v) is 16.8. The molecule has 5 heteroatoms. The average Bonchev–Trinajstić information content (AvgIpc) is 3.15. The topological polar surface area (TPSA) is 47.4 Å². The van der Waals surface area contributed by atoms with Gasteiger partial charge < -0.3 is 9.64 Å². The minimum absolute atomic E-state index is 0.0227. The number of rotatable bonds is 8. The molecule has 1 amide bonds. The lowest BCUT2D eigenvalue weighted by Gasteiger charge is -2.21. The minimum atomic E-state index is 0.0227. The molecule has 0 fully saturated rings. The second-order valence-electron chi connectivity index (χ2n) is 6.67. The quantitative estimate of drug-likeness (QED) is 0.592. The third kappa shape index (κ3) is 4.42. The first-order valence-electron chi connectivity index (χ1n) is 9.67. The maximum absolute atomic E-state index is 13.2. The molecule has 0 aliphatic rings. The van der Waals surface area contributed by atoms with Crippen LogP contribution in [0.25, 0.3) is 0 Å². The largest absolute Gasteiger partial charge is 0.497 e. The molecule has 0 aliphatic heterocycles. The van der Waals surface area contributed by atoms with Crippen LogP contribution in [0.4, 0.5) is 0 Å². The smallest absolute Gasteiger partial charge is 0.257 e. The fraction of sp³-hybridized carbons (Fsp3) is 0.304. The number of carbonyl (C=O) groups is 1. The van der Waals surface area contributed by atoms with Crippen LogP contribution in [-0.4, -0.2) is 34.2 Å². The van der Waals surface area contributed by atoms with E-state index in [0.29, 0.717) is 25.2 Å². The van der Waals surface area contributed by atoms with E-state index in [1.54, 1.807) is 13.3 Å². The van der Waals surface area contributed by atoms with Gasteiger partial charge in [-0.2, -0.15) is 5.10 Å². The fourth-order valence-corrected chi connectivity index (χ4v) is 3.30. The average molecular weight is 377 g/mol. The lowest BCUT2D eigenvalue weighted by Crippen LogP contribution is -2.31. The summed E-state index contributed by atoms with van der Waals surface area (Å²) in [6, 6.07) is 18.0. The van der Waals surface area contributed by atoms with Crippen molar-refractivity contribution in [3.05, 3.63) is 83.2 Å². The molecule has 0 atom stereocenters. The lowest BCUT2D eigenvalue weighted by atomic mass is 10.1. The maximum Gasteiger partial charge on any atom is 0.257 e. The highest BCUT2D eigenvalue weighted by atomic mass is 16.5. The standard InChI is InChI=1S/C23H27N3O2/c1-4-22-21(15-24-26(22)17-18-9-7-6-8-10-18)23(27)25(5-2)16-19-11-13-20(28-3)14-12-19/h6-15H,4-5,16-17H2,1-3H3. The lowest BCUT2D eigenvalue weighted by molar-refractivity contribution is 0.0751. The first kappa shape index (κ1) is 19.7. The summed E-state index contributed by atoms with van der Waals surface area (Å²) >= 11 is 0. The summed E-state index contributed by atoms with van der Waals surface area (Å²) in [6.45, 7) is 5.93. The Hall–Kier alpha value is -3.08. The van der Waals surface area contributed by atoms with E-state index in [1.807, 2.05) is 59.0 Å². The van der Waals surface area contributed by atoms with Crippen molar-refractivity contribution in [1.29, 1.82) is 0 Å². The molecule has 5 nitrogen and oxygen atoms in total. The number of nitrogens with zero attached hydrogens (tertiary/aromatic N) is 3. The van der Waals surface area contributed by atoms with Crippen molar-refractivity contribution < 1.29 is 9.53 Å². The maximum atomic E-state index is 13.2. The number of aromatic nitrogens is 2. The molecule has 0 saturated heterocycles. The third-order valence-electron chi connectivity index (χ3n) is 4.89. The number of carbonyl (C=O) groups excluding carboxylic acids is 1. The molecule has 0 saturated carbocycles. The number of hydrogen-bond donors (Lipinski definition) is 0.